The summed E-state index contributed by atoms with van der Waals surface area (Å²) >= 11 is 0. The van der Waals surface area contributed by atoms with Gasteiger partial charge < -0.3 is 21.7 Å². The third-order valence-electron chi connectivity index (χ3n) is 5.73. The molecule has 0 aliphatic carbocycles. The zero-order valence-electron chi connectivity index (χ0n) is 19.2. The molecule has 4 rings (SSSR count). The molecule has 1 aliphatic rings. The number of hydrogen-bond acceptors (Lipinski definition) is 6. The van der Waals surface area contributed by atoms with Gasteiger partial charge in [0.15, 0.2) is 34.8 Å². The van der Waals surface area contributed by atoms with Crippen LogP contribution in [-0.4, -0.2) is 40.9 Å². The van der Waals surface area contributed by atoms with Gasteiger partial charge in [-0.3, -0.25) is 9.59 Å². The SMILES string of the molecule is Nc1ncc(-c2cccc(NC(=O)Cc3c(F)c(F)c(F)c(F)c3F)c2)nc1C(=O)N[C@H]1CCCNC1. The van der Waals surface area contributed by atoms with E-state index in [2.05, 4.69) is 25.9 Å². The van der Waals surface area contributed by atoms with Crippen molar-refractivity contribution in [1.82, 2.24) is 20.6 Å². The fourth-order valence-electron chi connectivity index (χ4n) is 3.86. The van der Waals surface area contributed by atoms with Crippen LogP contribution in [0, 0.1) is 29.1 Å². The molecule has 2 amide bonds. The second kappa shape index (κ2) is 10.9. The minimum atomic E-state index is -2.31. The molecule has 1 saturated heterocycles. The predicted octanol–water partition coefficient (Wildman–Crippen LogP) is 3.08. The normalized spacial score (nSPS) is 15.3. The first-order valence-electron chi connectivity index (χ1n) is 11.2. The van der Waals surface area contributed by atoms with Gasteiger partial charge in [0.2, 0.25) is 11.7 Å². The van der Waals surface area contributed by atoms with Crippen LogP contribution in [0.15, 0.2) is 30.5 Å². The predicted molar refractivity (Wildman–Crippen MR) is 124 cm³/mol. The second-order valence-electron chi connectivity index (χ2n) is 8.36. The van der Waals surface area contributed by atoms with Crippen molar-refractivity contribution in [3.63, 3.8) is 0 Å². The van der Waals surface area contributed by atoms with Gasteiger partial charge in [-0.25, -0.2) is 31.9 Å². The lowest BCUT2D eigenvalue weighted by Crippen LogP contribution is -2.46. The topological polar surface area (TPSA) is 122 Å². The van der Waals surface area contributed by atoms with Crippen LogP contribution in [0.1, 0.15) is 28.9 Å². The van der Waals surface area contributed by atoms with Crippen LogP contribution in [0.4, 0.5) is 33.5 Å². The molecule has 194 valence electrons. The van der Waals surface area contributed by atoms with Gasteiger partial charge in [0, 0.05) is 29.4 Å². The summed E-state index contributed by atoms with van der Waals surface area (Å²) in [6.45, 7) is 1.49. The zero-order valence-corrected chi connectivity index (χ0v) is 19.2. The Labute approximate surface area is 207 Å². The van der Waals surface area contributed by atoms with Crippen LogP contribution in [0.5, 0.6) is 0 Å². The van der Waals surface area contributed by atoms with E-state index in [1.165, 1.54) is 24.4 Å². The molecule has 2 aromatic carbocycles. The van der Waals surface area contributed by atoms with Crippen molar-refractivity contribution in [3.05, 3.63) is 70.8 Å². The van der Waals surface area contributed by atoms with Gasteiger partial charge in [0.1, 0.15) is 0 Å². The summed E-state index contributed by atoms with van der Waals surface area (Å²) in [5, 5.41) is 8.38. The van der Waals surface area contributed by atoms with Crippen molar-refractivity contribution < 1.29 is 31.5 Å². The number of amides is 2. The van der Waals surface area contributed by atoms with E-state index in [1.807, 2.05) is 0 Å². The number of nitrogens with one attached hydrogen (secondary N) is 3. The lowest BCUT2D eigenvalue weighted by atomic mass is 10.1. The Morgan fingerprint density at radius 1 is 1.05 bits per heavy atom. The number of rotatable bonds is 6. The Morgan fingerprint density at radius 3 is 2.43 bits per heavy atom. The summed E-state index contributed by atoms with van der Waals surface area (Å²) in [5.41, 5.74) is 5.32. The van der Waals surface area contributed by atoms with Gasteiger partial charge in [0.05, 0.1) is 18.3 Å². The third-order valence-corrected chi connectivity index (χ3v) is 5.73. The quantitative estimate of drug-likeness (QED) is 0.225. The molecule has 1 aliphatic heterocycles. The molecular formula is C24H21F5N6O2. The average Bonchev–Trinajstić information content (AvgIpc) is 2.90. The van der Waals surface area contributed by atoms with Gasteiger partial charge in [-0.05, 0) is 31.5 Å². The molecule has 0 bridgehead atoms. The Kier molecular flexibility index (Phi) is 7.62. The smallest absolute Gasteiger partial charge is 0.274 e. The molecule has 0 spiro atoms. The van der Waals surface area contributed by atoms with Gasteiger partial charge >= 0.3 is 0 Å². The van der Waals surface area contributed by atoms with Crippen LogP contribution in [0.3, 0.4) is 0 Å². The highest BCUT2D eigenvalue weighted by Gasteiger charge is 2.27. The molecule has 5 N–H and O–H groups in total. The molecule has 8 nitrogen and oxygen atoms in total. The molecule has 2 heterocycles. The molecule has 1 aromatic heterocycles. The first-order chi connectivity index (χ1) is 17.7. The number of carbonyl (C=O) groups is 2. The number of nitrogen functional groups attached to an aromatic ring is 1. The van der Waals surface area contributed by atoms with Crippen molar-refractivity contribution in [2.75, 3.05) is 24.1 Å². The Morgan fingerprint density at radius 2 is 1.76 bits per heavy atom. The maximum absolute atomic E-state index is 13.9. The number of aromatic nitrogens is 2. The molecule has 0 radical (unpaired) electrons. The Bertz CT molecular complexity index is 1330. The van der Waals surface area contributed by atoms with Crippen LogP contribution in [0.25, 0.3) is 11.3 Å². The molecular weight excluding hydrogens is 499 g/mol. The molecule has 1 atom stereocenters. The summed E-state index contributed by atoms with van der Waals surface area (Å²) in [6.07, 6.45) is 1.94. The maximum atomic E-state index is 13.9. The van der Waals surface area contributed by atoms with Crippen molar-refractivity contribution in [1.29, 1.82) is 0 Å². The molecule has 3 aromatic rings. The van der Waals surface area contributed by atoms with Crippen LogP contribution in [-0.2, 0) is 11.2 Å². The molecule has 13 heteroatoms. The standard InChI is InChI=1S/C24H21F5N6O2/c25-17-14(18(26)20(28)21(29)19(17)27)8-16(36)33-12-4-1-3-11(7-12)15-10-32-23(30)22(35-15)24(37)34-13-5-2-6-31-9-13/h1,3-4,7,10,13,31H,2,5-6,8-9H2,(H2,30,32)(H,33,36)(H,34,37)/t13-/m0/s1. The van der Waals surface area contributed by atoms with E-state index in [-0.39, 0.29) is 28.9 Å². The summed E-state index contributed by atoms with van der Waals surface area (Å²) in [6, 6.07) is 5.92. The first kappa shape index (κ1) is 25.9. The monoisotopic (exact) mass is 520 g/mol. The largest absolute Gasteiger partial charge is 0.382 e. The van der Waals surface area contributed by atoms with Crippen LogP contribution < -0.4 is 21.7 Å². The number of piperidine rings is 1. The van der Waals surface area contributed by atoms with E-state index >= 15 is 0 Å². The van der Waals surface area contributed by atoms with Crippen molar-refractivity contribution in [3.8, 4) is 11.3 Å². The first-order valence-corrected chi connectivity index (χ1v) is 11.2. The van der Waals surface area contributed by atoms with E-state index in [4.69, 9.17) is 5.73 Å². The highest BCUT2D eigenvalue weighted by Crippen LogP contribution is 2.25. The van der Waals surface area contributed by atoms with E-state index in [9.17, 15) is 31.5 Å². The summed E-state index contributed by atoms with van der Waals surface area (Å²) in [7, 11) is 0. The molecule has 37 heavy (non-hydrogen) atoms. The summed E-state index contributed by atoms with van der Waals surface area (Å²) < 4.78 is 67.9. The molecule has 1 fully saturated rings. The number of benzene rings is 2. The van der Waals surface area contributed by atoms with Gasteiger partial charge in [0.25, 0.3) is 5.91 Å². The van der Waals surface area contributed by atoms with E-state index < -0.39 is 52.9 Å². The van der Waals surface area contributed by atoms with Crippen LogP contribution >= 0.6 is 0 Å². The van der Waals surface area contributed by atoms with Crippen molar-refractivity contribution >= 4 is 23.3 Å². The highest BCUT2D eigenvalue weighted by molar-refractivity contribution is 5.97. The highest BCUT2D eigenvalue weighted by atomic mass is 19.2. The number of nitrogens with two attached hydrogens (primary N) is 1. The number of carbonyl (C=O) groups excluding carboxylic acids is 2. The number of nitrogens with zero attached hydrogens (tertiary/aromatic N) is 2. The number of anilines is 2. The summed E-state index contributed by atoms with van der Waals surface area (Å²) in [4.78, 5) is 33.4. The van der Waals surface area contributed by atoms with Gasteiger partial charge in [-0.15, -0.1) is 0 Å². The maximum Gasteiger partial charge on any atom is 0.274 e. The molecule has 0 unspecified atom stereocenters. The molecule has 0 saturated carbocycles. The van der Waals surface area contributed by atoms with Crippen molar-refractivity contribution in [2.45, 2.75) is 25.3 Å². The van der Waals surface area contributed by atoms with E-state index in [0.717, 1.165) is 19.4 Å². The lowest BCUT2D eigenvalue weighted by molar-refractivity contribution is -0.115. The fourth-order valence-corrected chi connectivity index (χ4v) is 3.86. The van der Waals surface area contributed by atoms with E-state index in [1.54, 1.807) is 6.07 Å². The van der Waals surface area contributed by atoms with E-state index in [0.29, 0.717) is 12.1 Å². The van der Waals surface area contributed by atoms with Gasteiger partial charge in [-0.1, -0.05) is 12.1 Å². The Hall–Kier alpha value is -4.13. The number of halogens is 5. The minimum Gasteiger partial charge on any atom is -0.382 e. The second-order valence-corrected chi connectivity index (χ2v) is 8.36. The lowest BCUT2D eigenvalue weighted by Gasteiger charge is -2.23. The number of hydrogen-bond donors (Lipinski definition) is 4. The zero-order chi connectivity index (χ0) is 26.7. The fraction of sp³-hybridized carbons (Fsp3) is 0.250. The van der Waals surface area contributed by atoms with Crippen LogP contribution in [0.2, 0.25) is 0 Å². The minimum absolute atomic E-state index is 0.0720. The summed E-state index contributed by atoms with van der Waals surface area (Å²) in [5.74, 6) is -12.3. The third kappa shape index (κ3) is 5.66. The Balaban J connectivity index is 1.51. The average molecular weight is 520 g/mol. The van der Waals surface area contributed by atoms with Gasteiger partial charge in [-0.2, -0.15) is 0 Å². The van der Waals surface area contributed by atoms with Crippen molar-refractivity contribution in [2.24, 2.45) is 0 Å².